The molecule has 0 fully saturated rings. The van der Waals surface area contributed by atoms with E-state index in [1.54, 1.807) is 39.2 Å². The van der Waals surface area contributed by atoms with Crippen LogP contribution in [-0.4, -0.2) is 17.5 Å². The maximum Gasteiger partial charge on any atom is 0.306 e. The van der Waals surface area contributed by atoms with Crippen LogP contribution in [0.3, 0.4) is 0 Å². The van der Waals surface area contributed by atoms with Crippen molar-refractivity contribution in [1.29, 1.82) is 0 Å². The molecule has 1 rings (SSSR count). The zero-order valence-electron chi connectivity index (χ0n) is 11.0. The van der Waals surface area contributed by atoms with Crippen LogP contribution < -0.4 is 5.32 Å². The van der Waals surface area contributed by atoms with Gasteiger partial charge in [0.1, 0.15) is 11.4 Å². The lowest BCUT2D eigenvalue weighted by molar-refractivity contribution is -0.155. The van der Waals surface area contributed by atoms with Gasteiger partial charge >= 0.3 is 5.97 Å². The largest absolute Gasteiger partial charge is 0.467 e. The van der Waals surface area contributed by atoms with Crippen molar-refractivity contribution in [3.8, 4) is 0 Å². The Morgan fingerprint density at radius 2 is 2.06 bits per heavy atom. The first kappa shape index (κ1) is 14.3. The monoisotopic (exact) mass is 253 g/mol. The van der Waals surface area contributed by atoms with Crippen LogP contribution in [-0.2, 0) is 20.9 Å². The van der Waals surface area contributed by atoms with Gasteiger partial charge in [0.15, 0.2) is 0 Å². The molecule has 0 aliphatic carbocycles. The lowest BCUT2D eigenvalue weighted by Gasteiger charge is -2.19. The van der Waals surface area contributed by atoms with Crippen LogP contribution in [0.4, 0.5) is 0 Å². The molecule has 0 spiro atoms. The molecular weight excluding hydrogens is 234 g/mol. The lowest BCUT2D eigenvalue weighted by atomic mass is 10.2. The van der Waals surface area contributed by atoms with E-state index in [4.69, 9.17) is 9.15 Å². The number of furan rings is 1. The predicted molar refractivity (Wildman–Crippen MR) is 65.6 cm³/mol. The van der Waals surface area contributed by atoms with E-state index >= 15 is 0 Å². The Bertz CT molecular complexity index is 390. The third kappa shape index (κ3) is 6.08. The highest BCUT2D eigenvalue weighted by atomic mass is 16.6. The first-order valence-corrected chi connectivity index (χ1v) is 5.88. The van der Waals surface area contributed by atoms with E-state index in [2.05, 4.69) is 5.32 Å². The van der Waals surface area contributed by atoms with Gasteiger partial charge in [-0.2, -0.15) is 0 Å². The Labute approximate surface area is 106 Å². The first-order chi connectivity index (χ1) is 8.37. The van der Waals surface area contributed by atoms with Crippen molar-refractivity contribution in [2.24, 2.45) is 0 Å². The molecule has 0 saturated heterocycles. The SMILES string of the molecule is CC(C)(C)OC(=O)CCC(=O)NCc1ccco1. The summed E-state index contributed by atoms with van der Waals surface area (Å²) >= 11 is 0. The van der Waals surface area contributed by atoms with Crippen molar-refractivity contribution in [2.75, 3.05) is 0 Å². The third-order valence-corrected chi connectivity index (χ3v) is 2.02. The topological polar surface area (TPSA) is 68.5 Å². The molecule has 1 heterocycles. The molecule has 0 aliphatic heterocycles. The molecule has 0 aromatic carbocycles. The summed E-state index contributed by atoms with van der Waals surface area (Å²) in [6.45, 7) is 5.71. The van der Waals surface area contributed by atoms with Gasteiger partial charge in [0, 0.05) is 6.42 Å². The molecule has 1 aromatic heterocycles. The molecule has 0 unspecified atom stereocenters. The summed E-state index contributed by atoms with van der Waals surface area (Å²) in [5, 5.41) is 2.66. The maximum atomic E-state index is 11.4. The average Bonchev–Trinajstić information content (AvgIpc) is 2.74. The van der Waals surface area contributed by atoms with E-state index in [9.17, 15) is 9.59 Å². The second kappa shape index (κ2) is 6.23. The van der Waals surface area contributed by atoms with Crippen LogP contribution in [0.2, 0.25) is 0 Å². The lowest BCUT2D eigenvalue weighted by Crippen LogP contribution is -2.26. The van der Waals surface area contributed by atoms with Gasteiger partial charge in [-0.05, 0) is 32.9 Å². The maximum absolute atomic E-state index is 11.4. The number of nitrogens with one attached hydrogen (secondary N) is 1. The molecule has 100 valence electrons. The molecular formula is C13H19NO4. The highest BCUT2D eigenvalue weighted by Crippen LogP contribution is 2.09. The van der Waals surface area contributed by atoms with Gasteiger partial charge in [0.25, 0.3) is 0 Å². The van der Waals surface area contributed by atoms with Crippen LogP contribution in [0.5, 0.6) is 0 Å². The van der Waals surface area contributed by atoms with Crippen molar-refractivity contribution >= 4 is 11.9 Å². The summed E-state index contributed by atoms with van der Waals surface area (Å²) < 4.78 is 10.2. The molecule has 0 bridgehead atoms. The van der Waals surface area contributed by atoms with E-state index in [0.717, 1.165) is 0 Å². The Balaban J connectivity index is 2.19. The standard InChI is InChI=1S/C13H19NO4/c1-13(2,3)18-12(16)7-6-11(15)14-9-10-5-4-8-17-10/h4-5,8H,6-7,9H2,1-3H3,(H,14,15). The van der Waals surface area contributed by atoms with E-state index in [0.29, 0.717) is 12.3 Å². The highest BCUT2D eigenvalue weighted by Gasteiger charge is 2.16. The molecule has 0 aliphatic rings. The molecule has 0 atom stereocenters. The van der Waals surface area contributed by atoms with Crippen molar-refractivity contribution in [1.82, 2.24) is 5.32 Å². The quantitative estimate of drug-likeness (QED) is 0.815. The van der Waals surface area contributed by atoms with Gasteiger partial charge < -0.3 is 14.5 Å². The van der Waals surface area contributed by atoms with Crippen LogP contribution in [0.25, 0.3) is 0 Å². The molecule has 18 heavy (non-hydrogen) atoms. The summed E-state index contributed by atoms with van der Waals surface area (Å²) in [5.41, 5.74) is -0.512. The summed E-state index contributed by atoms with van der Waals surface area (Å²) in [7, 11) is 0. The van der Waals surface area contributed by atoms with E-state index < -0.39 is 5.60 Å². The summed E-state index contributed by atoms with van der Waals surface area (Å²) in [6, 6.07) is 3.52. The van der Waals surface area contributed by atoms with Gasteiger partial charge in [-0.3, -0.25) is 9.59 Å². The Morgan fingerprint density at radius 3 is 2.61 bits per heavy atom. The zero-order valence-corrected chi connectivity index (χ0v) is 11.0. The Morgan fingerprint density at radius 1 is 1.33 bits per heavy atom. The highest BCUT2D eigenvalue weighted by molar-refractivity contribution is 5.81. The second-order valence-corrected chi connectivity index (χ2v) is 4.94. The molecule has 1 aromatic rings. The molecule has 1 amide bonds. The minimum absolute atomic E-state index is 0.0846. The Kier molecular flexibility index (Phi) is 4.95. The van der Waals surface area contributed by atoms with Gasteiger partial charge in [-0.15, -0.1) is 0 Å². The van der Waals surface area contributed by atoms with Gasteiger partial charge in [0.05, 0.1) is 19.2 Å². The normalized spacial score (nSPS) is 11.1. The fourth-order valence-electron chi connectivity index (χ4n) is 1.30. The van der Waals surface area contributed by atoms with Crippen molar-refractivity contribution in [3.05, 3.63) is 24.2 Å². The molecule has 5 nitrogen and oxygen atoms in total. The fraction of sp³-hybridized carbons (Fsp3) is 0.538. The average molecular weight is 253 g/mol. The third-order valence-electron chi connectivity index (χ3n) is 2.02. The minimum Gasteiger partial charge on any atom is -0.467 e. The Hall–Kier alpha value is -1.78. The fourth-order valence-corrected chi connectivity index (χ4v) is 1.30. The number of hydrogen-bond donors (Lipinski definition) is 1. The van der Waals surface area contributed by atoms with E-state index in [-0.39, 0.29) is 24.7 Å². The number of hydrogen-bond acceptors (Lipinski definition) is 4. The summed E-state index contributed by atoms with van der Waals surface area (Å²) in [5.74, 6) is 0.119. The van der Waals surface area contributed by atoms with E-state index in [1.165, 1.54) is 0 Å². The number of ether oxygens (including phenoxy) is 1. The van der Waals surface area contributed by atoms with Crippen molar-refractivity contribution < 1.29 is 18.7 Å². The van der Waals surface area contributed by atoms with Crippen LogP contribution in [0.15, 0.2) is 22.8 Å². The van der Waals surface area contributed by atoms with Gasteiger partial charge in [0.2, 0.25) is 5.91 Å². The van der Waals surface area contributed by atoms with Crippen molar-refractivity contribution in [3.63, 3.8) is 0 Å². The van der Waals surface area contributed by atoms with Crippen LogP contribution >= 0.6 is 0 Å². The minimum atomic E-state index is -0.512. The summed E-state index contributed by atoms with van der Waals surface area (Å²) in [6.07, 6.45) is 1.75. The van der Waals surface area contributed by atoms with Gasteiger partial charge in [-0.1, -0.05) is 0 Å². The zero-order chi connectivity index (χ0) is 13.6. The summed E-state index contributed by atoms with van der Waals surface area (Å²) in [4.78, 5) is 22.8. The number of carbonyl (C=O) groups excluding carboxylic acids is 2. The molecule has 5 heteroatoms. The number of amides is 1. The number of rotatable bonds is 5. The van der Waals surface area contributed by atoms with Gasteiger partial charge in [-0.25, -0.2) is 0 Å². The smallest absolute Gasteiger partial charge is 0.306 e. The van der Waals surface area contributed by atoms with Crippen molar-refractivity contribution in [2.45, 2.75) is 45.8 Å². The predicted octanol–water partition coefficient (Wildman–Crippen LogP) is 2.02. The van der Waals surface area contributed by atoms with E-state index in [1.807, 2.05) is 0 Å². The number of carbonyl (C=O) groups is 2. The molecule has 1 N–H and O–H groups in total. The number of esters is 1. The second-order valence-electron chi connectivity index (χ2n) is 4.94. The first-order valence-electron chi connectivity index (χ1n) is 5.88. The van der Waals surface area contributed by atoms with Crippen LogP contribution in [0.1, 0.15) is 39.4 Å². The van der Waals surface area contributed by atoms with Crippen LogP contribution in [0, 0.1) is 0 Å². The molecule has 0 radical (unpaired) electrons. The molecule has 0 saturated carbocycles.